The first-order chi connectivity index (χ1) is 10.6. The Balaban J connectivity index is 2.35. The number of carboxylic acid groups (broad SMARTS) is 1. The van der Waals surface area contributed by atoms with E-state index in [1.165, 1.54) is 4.90 Å². The average molecular weight is 326 g/mol. The van der Waals surface area contributed by atoms with Gasteiger partial charge in [-0.05, 0) is 30.9 Å². The summed E-state index contributed by atoms with van der Waals surface area (Å²) in [5.74, 6) is 0.128. The number of ether oxygens (including phenoxy) is 1. The number of rotatable bonds is 5. The van der Waals surface area contributed by atoms with E-state index in [4.69, 9.17) is 16.3 Å². The third-order valence-corrected chi connectivity index (χ3v) is 4.89. The predicted molar refractivity (Wildman–Crippen MR) is 87.4 cm³/mol. The highest BCUT2D eigenvalue weighted by atomic mass is 35.5. The second-order valence-corrected chi connectivity index (χ2v) is 6.18. The van der Waals surface area contributed by atoms with Gasteiger partial charge in [0.25, 0.3) is 0 Å². The van der Waals surface area contributed by atoms with E-state index in [-0.39, 0.29) is 12.0 Å². The van der Waals surface area contributed by atoms with Crippen molar-refractivity contribution in [3.05, 3.63) is 34.9 Å². The standard InChI is InChI=1S/C17H24ClNO3/c1-3-16(22-2)19(17(20)21)15-11-7-5-9-13(15)12-8-4-6-10-14(12)18/h4,6,8,10,13,15-16H,3,5,7,9,11H2,1-2H3,(H,20,21)/t13-,15-,16?/m0/s1. The SMILES string of the molecule is CCC(OC)N(C(=O)O)[C@H]1CCCC[C@H]1c1ccccc1Cl. The molecule has 0 aliphatic heterocycles. The fraction of sp³-hybridized carbons (Fsp3) is 0.588. The summed E-state index contributed by atoms with van der Waals surface area (Å²) in [6.45, 7) is 1.94. The van der Waals surface area contributed by atoms with Crippen LogP contribution in [0.2, 0.25) is 5.02 Å². The number of hydrogen-bond donors (Lipinski definition) is 1. The molecular weight excluding hydrogens is 302 g/mol. The van der Waals surface area contributed by atoms with E-state index in [9.17, 15) is 9.90 Å². The molecule has 22 heavy (non-hydrogen) atoms. The lowest BCUT2D eigenvalue weighted by molar-refractivity contribution is -0.0535. The lowest BCUT2D eigenvalue weighted by Crippen LogP contribution is -2.50. The van der Waals surface area contributed by atoms with Gasteiger partial charge in [-0.2, -0.15) is 0 Å². The van der Waals surface area contributed by atoms with Crippen molar-refractivity contribution in [3.8, 4) is 0 Å². The Bertz CT molecular complexity index is 504. The molecule has 1 amide bonds. The van der Waals surface area contributed by atoms with Crippen molar-refractivity contribution in [2.24, 2.45) is 0 Å². The molecule has 5 heteroatoms. The highest BCUT2D eigenvalue weighted by molar-refractivity contribution is 6.31. The molecule has 4 nitrogen and oxygen atoms in total. The first-order valence-electron chi connectivity index (χ1n) is 7.88. The van der Waals surface area contributed by atoms with Gasteiger partial charge in [-0.1, -0.05) is 49.6 Å². The third kappa shape index (κ3) is 3.55. The summed E-state index contributed by atoms with van der Waals surface area (Å²) in [4.78, 5) is 13.3. The first-order valence-corrected chi connectivity index (χ1v) is 8.26. The molecule has 1 aliphatic carbocycles. The monoisotopic (exact) mass is 325 g/mol. The molecule has 0 radical (unpaired) electrons. The zero-order chi connectivity index (χ0) is 16.1. The van der Waals surface area contributed by atoms with Crippen molar-refractivity contribution in [2.75, 3.05) is 7.11 Å². The average Bonchev–Trinajstić information content (AvgIpc) is 2.53. The zero-order valence-corrected chi connectivity index (χ0v) is 13.9. The van der Waals surface area contributed by atoms with Crippen molar-refractivity contribution >= 4 is 17.7 Å². The van der Waals surface area contributed by atoms with E-state index >= 15 is 0 Å². The molecule has 122 valence electrons. The minimum absolute atomic E-state index is 0.0870. The Kier molecular flexibility index (Phi) is 6.09. The molecule has 1 saturated carbocycles. The van der Waals surface area contributed by atoms with Gasteiger partial charge in [0.1, 0.15) is 6.23 Å². The highest BCUT2D eigenvalue weighted by Gasteiger charge is 2.38. The number of benzene rings is 1. The lowest BCUT2D eigenvalue weighted by atomic mass is 9.79. The molecule has 2 rings (SSSR count). The maximum Gasteiger partial charge on any atom is 0.409 e. The predicted octanol–water partition coefficient (Wildman–Crippen LogP) is 4.73. The Morgan fingerprint density at radius 2 is 2.09 bits per heavy atom. The molecule has 1 unspecified atom stereocenters. The van der Waals surface area contributed by atoms with Crippen LogP contribution in [-0.2, 0) is 4.74 Å². The van der Waals surface area contributed by atoms with E-state index in [0.29, 0.717) is 6.42 Å². The van der Waals surface area contributed by atoms with Crippen LogP contribution in [-0.4, -0.2) is 35.5 Å². The van der Waals surface area contributed by atoms with Crippen LogP contribution in [0.1, 0.15) is 50.5 Å². The Hall–Kier alpha value is -1.26. The van der Waals surface area contributed by atoms with Gasteiger partial charge >= 0.3 is 6.09 Å². The molecule has 0 heterocycles. The van der Waals surface area contributed by atoms with Crippen LogP contribution >= 0.6 is 11.6 Å². The minimum atomic E-state index is -0.919. The van der Waals surface area contributed by atoms with Crippen LogP contribution in [0.4, 0.5) is 4.79 Å². The van der Waals surface area contributed by atoms with Crippen molar-refractivity contribution in [1.82, 2.24) is 4.90 Å². The Morgan fingerprint density at radius 1 is 1.41 bits per heavy atom. The van der Waals surface area contributed by atoms with E-state index in [1.54, 1.807) is 7.11 Å². The minimum Gasteiger partial charge on any atom is -0.465 e. The van der Waals surface area contributed by atoms with Crippen molar-refractivity contribution in [3.63, 3.8) is 0 Å². The van der Waals surface area contributed by atoms with Gasteiger partial charge in [-0.25, -0.2) is 4.79 Å². The van der Waals surface area contributed by atoms with Crippen LogP contribution in [0.5, 0.6) is 0 Å². The summed E-state index contributed by atoms with van der Waals surface area (Å²) >= 11 is 6.36. The molecule has 1 fully saturated rings. The van der Waals surface area contributed by atoms with Crippen LogP contribution in [0, 0.1) is 0 Å². The van der Waals surface area contributed by atoms with Gasteiger partial charge in [-0.3, -0.25) is 4.90 Å². The van der Waals surface area contributed by atoms with E-state index in [1.807, 2.05) is 31.2 Å². The molecule has 0 bridgehead atoms. The van der Waals surface area contributed by atoms with Gasteiger partial charge in [-0.15, -0.1) is 0 Å². The number of halogens is 1. The summed E-state index contributed by atoms with van der Waals surface area (Å²) in [7, 11) is 1.57. The summed E-state index contributed by atoms with van der Waals surface area (Å²) in [5.41, 5.74) is 1.05. The van der Waals surface area contributed by atoms with E-state index < -0.39 is 12.3 Å². The second kappa shape index (κ2) is 7.84. The Morgan fingerprint density at radius 3 is 2.68 bits per heavy atom. The van der Waals surface area contributed by atoms with Crippen LogP contribution in [0.15, 0.2) is 24.3 Å². The first kappa shape index (κ1) is 17.1. The van der Waals surface area contributed by atoms with E-state index in [2.05, 4.69) is 0 Å². The van der Waals surface area contributed by atoms with Gasteiger partial charge in [0.2, 0.25) is 0 Å². The zero-order valence-electron chi connectivity index (χ0n) is 13.2. The summed E-state index contributed by atoms with van der Waals surface area (Å²) < 4.78 is 5.40. The van der Waals surface area contributed by atoms with Crippen molar-refractivity contribution < 1.29 is 14.6 Å². The molecular formula is C17H24ClNO3. The molecule has 0 spiro atoms. The summed E-state index contributed by atoms with van der Waals surface area (Å²) in [6.07, 6.45) is 3.25. The molecule has 3 atom stereocenters. The molecule has 0 saturated heterocycles. The topological polar surface area (TPSA) is 49.8 Å². The maximum atomic E-state index is 11.8. The molecule has 1 aliphatic rings. The molecule has 1 N–H and O–H groups in total. The van der Waals surface area contributed by atoms with Gasteiger partial charge in [0.05, 0.1) is 0 Å². The van der Waals surface area contributed by atoms with Gasteiger partial charge in [0, 0.05) is 24.1 Å². The van der Waals surface area contributed by atoms with Gasteiger partial charge < -0.3 is 9.84 Å². The molecule has 1 aromatic carbocycles. The largest absolute Gasteiger partial charge is 0.465 e. The normalized spacial score (nSPS) is 23.0. The van der Waals surface area contributed by atoms with E-state index in [0.717, 1.165) is 36.3 Å². The second-order valence-electron chi connectivity index (χ2n) is 5.77. The fourth-order valence-electron chi connectivity index (χ4n) is 3.54. The number of amides is 1. The van der Waals surface area contributed by atoms with Crippen molar-refractivity contribution in [2.45, 2.75) is 57.2 Å². The summed E-state index contributed by atoms with van der Waals surface area (Å²) in [6, 6.07) is 7.67. The Labute approximate surface area is 137 Å². The van der Waals surface area contributed by atoms with Gasteiger partial charge in [0.15, 0.2) is 0 Å². The highest BCUT2D eigenvalue weighted by Crippen LogP contribution is 2.40. The number of hydrogen-bond acceptors (Lipinski definition) is 2. The maximum absolute atomic E-state index is 11.8. The van der Waals surface area contributed by atoms with Crippen molar-refractivity contribution in [1.29, 1.82) is 0 Å². The molecule has 0 aromatic heterocycles. The number of nitrogens with zero attached hydrogens (tertiary/aromatic N) is 1. The number of carbonyl (C=O) groups is 1. The lowest BCUT2D eigenvalue weighted by Gasteiger charge is -2.42. The van der Waals surface area contributed by atoms with Crippen LogP contribution in [0.25, 0.3) is 0 Å². The fourth-order valence-corrected chi connectivity index (χ4v) is 3.81. The third-order valence-electron chi connectivity index (χ3n) is 4.54. The smallest absolute Gasteiger partial charge is 0.409 e. The van der Waals surface area contributed by atoms with Crippen LogP contribution < -0.4 is 0 Å². The summed E-state index contributed by atoms with van der Waals surface area (Å²) in [5, 5.41) is 10.4. The number of methoxy groups -OCH3 is 1. The van der Waals surface area contributed by atoms with Crippen LogP contribution in [0.3, 0.4) is 0 Å². The quantitative estimate of drug-likeness (QED) is 0.796. The molecule has 1 aromatic rings.